The molecule has 1 heterocycles. The van der Waals surface area contributed by atoms with Crippen LogP contribution in [0.5, 0.6) is 0 Å². The lowest BCUT2D eigenvalue weighted by Gasteiger charge is -2.12. The van der Waals surface area contributed by atoms with E-state index in [2.05, 4.69) is 15.0 Å². The van der Waals surface area contributed by atoms with Gasteiger partial charge in [-0.15, -0.1) is 11.3 Å². The van der Waals surface area contributed by atoms with Crippen LogP contribution in [0.3, 0.4) is 0 Å². The van der Waals surface area contributed by atoms with Gasteiger partial charge in [0, 0.05) is 5.38 Å². The van der Waals surface area contributed by atoms with Crippen molar-refractivity contribution in [2.45, 2.75) is 25.8 Å². The number of esters is 1. The molecule has 7 heteroatoms. The number of nitrogens with one attached hydrogen (secondary N) is 1. The van der Waals surface area contributed by atoms with Gasteiger partial charge in [0.2, 0.25) is 0 Å². The summed E-state index contributed by atoms with van der Waals surface area (Å²) in [5.74, 6) is -1.17. The third kappa shape index (κ3) is 3.78. The number of ether oxygens (including phenoxy) is 1. The van der Waals surface area contributed by atoms with Crippen LogP contribution in [0, 0.1) is 0 Å². The molecule has 0 saturated heterocycles. The van der Waals surface area contributed by atoms with Gasteiger partial charge < -0.3 is 15.2 Å². The second-order valence-electron chi connectivity index (χ2n) is 3.61. The fourth-order valence-electron chi connectivity index (χ4n) is 1.30. The lowest BCUT2D eigenvalue weighted by molar-refractivity contribution is -0.143. The maximum absolute atomic E-state index is 11.8. The zero-order valence-corrected chi connectivity index (χ0v) is 11.1. The normalized spacial score (nSPS) is 11.9. The fourth-order valence-corrected chi connectivity index (χ4v) is 2.18. The SMILES string of the molecule is CCCc1nc(C(=O)NC(CO)C(=O)OC)cs1. The van der Waals surface area contributed by atoms with E-state index in [-0.39, 0.29) is 5.69 Å². The topological polar surface area (TPSA) is 88.5 Å². The Morgan fingerprint density at radius 3 is 2.89 bits per heavy atom. The first-order chi connectivity index (χ1) is 8.62. The molecule has 0 aromatic carbocycles. The van der Waals surface area contributed by atoms with Crippen LogP contribution in [0.15, 0.2) is 5.38 Å². The van der Waals surface area contributed by atoms with Gasteiger partial charge in [-0.2, -0.15) is 0 Å². The van der Waals surface area contributed by atoms with Crippen molar-refractivity contribution in [2.75, 3.05) is 13.7 Å². The predicted octanol–water partition coefficient (Wildman–Crippen LogP) is 0.359. The standard InChI is InChI=1S/C11H16N2O4S/c1-3-4-9-12-8(6-18-9)10(15)13-7(5-14)11(16)17-2/h6-7,14H,3-5H2,1-2H3,(H,13,15). The molecule has 1 rings (SSSR count). The van der Waals surface area contributed by atoms with Crippen molar-refractivity contribution in [3.63, 3.8) is 0 Å². The third-order valence-corrected chi connectivity index (χ3v) is 3.13. The van der Waals surface area contributed by atoms with E-state index in [1.807, 2.05) is 6.92 Å². The van der Waals surface area contributed by atoms with E-state index in [0.29, 0.717) is 0 Å². The number of nitrogens with zero attached hydrogens (tertiary/aromatic N) is 1. The molecule has 2 N–H and O–H groups in total. The second kappa shape index (κ2) is 7.07. The highest BCUT2D eigenvalue weighted by atomic mass is 32.1. The first kappa shape index (κ1) is 14.6. The smallest absolute Gasteiger partial charge is 0.330 e. The highest BCUT2D eigenvalue weighted by Crippen LogP contribution is 2.11. The monoisotopic (exact) mass is 272 g/mol. The van der Waals surface area contributed by atoms with Crippen LogP contribution < -0.4 is 5.32 Å². The third-order valence-electron chi connectivity index (χ3n) is 2.22. The van der Waals surface area contributed by atoms with Crippen LogP contribution in [0.2, 0.25) is 0 Å². The van der Waals surface area contributed by atoms with Crippen molar-refractivity contribution >= 4 is 23.2 Å². The first-order valence-electron chi connectivity index (χ1n) is 5.56. The number of methoxy groups -OCH3 is 1. The molecule has 0 saturated carbocycles. The van der Waals surface area contributed by atoms with Gasteiger partial charge in [-0.1, -0.05) is 6.92 Å². The van der Waals surface area contributed by atoms with Crippen LogP contribution in [0.25, 0.3) is 0 Å². The van der Waals surface area contributed by atoms with Crippen molar-refractivity contribution in [3.05, 3.63) is 16.1 Å². The highest BCUT2D eigenvalue weighted by Gasteiger charge is 2.22. The molecule has 100 valence electrons. The number of carbonyl (C=O) groups excluding carboxylic acids is 2. The zero-order valence-electron chi connectivity index (χ0n) is 10.3. The maximum atomic E-state index is 11.8. The minimum atomic E-state index is -1.06. The van der Waals surface area contributed by atoms with Gasteiger partial charge in [0.25, 0.3) is 5.91 Å². The summed E-state index contributed by atoms with van der Waals surface area (Å²) in [4.78, 5) is 27.1. The van der Waals surface area contributed by atoms with Crippen LogP contribution in [0.4, 0.5) is 0 Å². The molecule has 1 aromatic rings. The molecule has 1 aromatic heterocycles. The molecule has 0 aliphatic heterocycles. The molecule has 1 atom stereocenters. The molecule has 0 spiro atoms. The minimum Gasteiger partial charge on any atom is -0.467 e. The Balaban J connectivity index is 2.65. The Bertz CT molecular complexity index is 419. The Labute approximate surface area is 109 Å². The lowest BCUT2D eigenvalue weighted by atomic mass is 10.3. The van der Waals surface area contributed by atoms with Crippen molar-refractivity contribution in [2.24, 2.45) is 0 Å². The number of amides is 1. The van der Waals surface area contributed by atoms with E-state index in [9.17, 15) is 9.59 Å². The minimum absolute atomic E-state index is 0.255. The van der Waals surface area contributed by atoms with E-state index >= 15 is 0 Å². The van der Waals surface area contributed by atoms with E-state index in [1.54, 1.807) is 5.38 Å². The number of thiazole rings is 1. The Morgan fingerprint density at radius 2 is 2.33 bits per heavy atom. The number of carbonyl (C=O) groups is 2. The molecule has 0 fully saturated rings. The quantitative estimate of drug-likeness (QED) is 0.730. The number of rotatable bonds is 6. The van der Waals surface area contributed by atoms with Gasteiger partial charge in [-0.05, 0) is 12.8 Å². The molecular weight excluding hydrogens is 256 g/mol. The predicted molar refractivity (Wildman–Crippen MR) is 66.5 cm³/mol. The van der Waals surface area contributed by atoms with Gasteiger partial charge in [0.1, 0.15) is 5.69 Å². The molecule has 0 bridgehead atoms. The van der Waals surface area contributed by atoms with Crippen molar-refractivity contribution in [3.8, 4) is 0 Å². The van der Waals surface area contributed by atoms with E-state index in [1.165, 1.54) is 18.4 Å². The summed E-state index contributed by atoms with van der Waals surface area (Å²) < 4.78 is 4.45. The fraction of sp³-hybridized carbons (Fsp3) is 0.545. The van der Waals surface area contributed by atoms with E-state index in [4.69, 9.17) is 5.11 Å². The summed E-state index contributed by atoms with van der Waals surface area (Å²) in [6.45, 7) is 1.52. The lowest BCUT2D eigenvalue weighted by Crippen LogP contribution is -2.44. The van der Waals surface area contributed by atoms with Crippen LogP contribution in [-0.4, -0.2) is 41.7 Å². The summed E-state index contributed by atoms with van der Waals surface area (Å²) in [6.07, 6.45) is 1.77. The number of aliphatic hydroxyl groups is 1. The van der Waals surface area contributed by atoms with Crippen molar-refractivity contribution in [1.29, 1.82) is 0 Å². The number of aliphatic hydroxyl groups excluding tert-OH is 1. The van der Waals surface area contributed by atoms with Crippen LogP contribution >= 0.6 is 11.3 Å². The second-order valence-corrected chi connectivity index (χ2v) is 4.55. The molecule has 1 unspecified atom stereocenters. The summed E-state index contributed by atoms with van der Waals surface area (Å²) in [7, 11) is 1.19. The summed E-state index contributed by atoms with van der Waals surface area (Å²) >= 11 is 1.40. The van der Waals surface area contributed by atoms with E-state index in [0.717, 1.165) is 17.8 Å². The average molecular weight is 272 g/mol. The number of aryl methyl sites for hydroxylation is 1. The maximum Gasteiger partial charge on any atom is 0.330 e. The Hall–Kier alpha value is -1.47. The molecule has 0 radical (unpaired) electrons. The van der Waals surface area contributed by atoms with Gasteiger partial charge >= 0.3 is 5.97 Å². The number of hydrogen-bond acceptors (Lipinski definition) is 6. The average Bonchev–Trinajstić information content (AvgIpc) is 2.84. The van der Waals surface area contributed by atoms with Crippen molar-refractivity contribution in [1.82, 2.24) is 10.3 Å². The zero-order chi connectivity index (χ0) is 13.5. The number of aromatic nitrogens is 1. The number of hydrogen-bond donors (Lipinski definition) is 2. The van der Waals surface area contributed by atoms with Crippen LogP contribution in [-0.2, 0) is 16.0 Å². The first-order valence-corrected chi connectivity index (χ1v) is 6.44. The summed E-state index contributed by atoms with van der Waals surface area (Å²) in [5.41, 5.74) is 0.255. The summed E-state index contributed by atoms with van der Waals surface area (Å²) in [6, 6.07) is -1.06. The molecule has 1 amide bonds. The highest BCUT2D eigenvalue weighted by molar-refractivity contribution is 7.09. The molecular formula is C11H16N2O4S. The van der Waals surface area contributed by atoms with Gasteiger partial charge in [-0.3, -0.25) is 4.79 Å². The molecule has 6 nitrogen and oxygen atoms in total. The molecule has 18 heavy (non-hydrogen) atoms. The molecule has 0 aliphatic carbocycles. The van der Waals surface area contributed by atoms with Crippen molar-refractivity contribution < 1.29 is 19.4 Å². The van der Waals surface area contributed by atoms with E-state index < -0.39 is 24.5 Å². The largest absolute Gasteiger partial charge is 0.467 e. The summed E-state index contributed by atoms with van der Waals surface area (Å²) in [5, 5.41) is 13.9. The van der Waals surface area contributed by atoms with Gasteiger partial charge in [0.15, 0.2) is 6.04 Å². The Morgan fingerprint density at radius 1 is 1.61 bits per heavy atom. The van der Waals surface area contributed by atoms with Crippen LogP contribution in [0.1, 0.15) is 28.8 Å². The Kier molecular flexibility index (Phi) is 5.73. The van der Waals surface area contributed by atoms with Gasteiger partial charge in [0.05, 0.1) is 18.7 Å². The molecule has 0 aliphatic rings. The van der Waals surface area contributed by atoms with Gasteiger partial charge in [-0.25, -0.2) is 9.78 Å².